The number of benzene rings is 3. The first-order chi connectivity index (χ1) is 23.0. The summed E-state index contributed by atoms with van der Waals surface area (Å²) in [5, 5.41) is 0. The van der Waals surface area contributed by atoms with Crippen LogP contribution in [-0.2, 0) is 0 Å². The highest BCUT2D eigenvalue weighted by atomic mass is 79.9. The van der Waals surface area contributed by atoms with Gasteiger partial charge in [0.05, 0.1) is 41.1 Å². The number of imide groups is 1. The predicted molar refractivity (Wildman–Crippen MR) is 201 cm³/mol. The lowest BCUT2D eigenvalue weighted by Crippen LogP contribution is -2.30. The Morgan fingerprint density at radius 3 is 1.45 bits per heavy atom. The van der Waals surface area contributed by atoms with Crippen LogP contribution in [0.3, 0.4) is 0 Å². The molecule has 0 fully saturated rings. The average Bonchev–Trinajstić information content (AvgIpc) is 3.79. The van der Waals surface area contributed by atoms with E-state index in [0.717, 1.165) is 59.1 Å². The van der Waals surface area contributed by atoms with Crippen LogP contribution in [0.4, 0.5) is 0 Å². The van der Waals surface area contributed by atoms with Crippen LogP contribution < -0.4 is 0 Å². The van der Waals surface area contributed by atoms with Crippen LogP contribution in [0.1, 0.15) is 66.2 Å². The number of unbranched alkanes of at least 4 members (excludes halogenated alkanes) is 5. The number of aromatic nitrogens is 2. The van der Waals surface area contributed by atoms with Crippen LogP contribution in [0, 0.1) is 0 Å². The average molecular weight is 786 g/mol. The maximum atomic E-state index is 14.5. The van der Waals surface area contributed by atoms with Crippen molar-refractivity contribution >= 4 is 77.4 Å². The molecule has 7 rings (SSSR count). The maximum absolute atomic E-state index is 14.5. The summed E-state index contributed by atoms with van der Waals surface area (Å²) in [4.78, 5) is 43.0. The smallest absolute Gasteiger partial charge is 0.262 e. The molecule has 0 radical (unpaired) electrons. The van der Waals surface area contributed by atoms with E-state index in [-0.39, 0.29) is 11.8 Å². The first-order valence-electron chi connectivity index (χ1n) is 15.9. The number of fused-ring (bicyclic) bond motifs is 2. The van der Waals surface area contributed by atoms with Gasteiger partial charge in [-0.1, -0.05) is 99.7 Å². The third-order valence-corrected chi connectivity index (χ3v) is 11.8. The Balaban J connectivity index is 1.53. The van der Waals surface area contributed by atoms with E-state index in [1.165, 1.54) is 46.8 Å². The van der Waals surface area contributed by atoms with Gasteiger partial charge in [-0.2, -0.15) is 0 Å². The molecule has 1 aliphatic rings. The lowest BCUT2D eigenvalue weighted by Gasteiger charge is -2.17. The molecular weight excluding hydrogens is 754 g/mol. The van der Waals surface area contributed by atoms with Crippen molar-refractivity contribution in [3.8, 4) is 43.4 Å². The van der Waals surface area contributed by atoms with Gasteiger partial charge in [-0.05, 0) is 62.5 Å². The highest BCUT2D eigenvalue weighted by Crippen LogP contribution is 2.49. The fourth-order valence-corrected chi connectivity index (χ4v) is 9.16. The zero-order chi connectivity index (χ0) is 32.5. The van der Waals surface area contributed by atoms with Gasteiger partial charge in [0.15, 0.2) is 0 Å². The Kier molecular flexibility index (Phi) is 9.50. The summed E-state index contributed by atoms with van der Waals surface area (Å²) in [6, 6.07) is 28.0. The van der Waals surface area contributed by atoms with E-state index in [1.54, 1.807) is 0 Å². The molecule has 3 aromatic heterocycles. The number of thiophene rings is 2. The van der Waals surface area contributed by atoms with E-state index in [9.17, 15) is 9.59 Å². The molecule has 4 heterocycles. The summed E-state index contributed by atoms with van der Waals surface area (Å²) in [6.07, 6.45) is 6.41. The third kappa shape index (κ3) is 6.15. The van der Waals surface area contributed by atoms with Gasteiger partial charge in [0.2, 0.25) is 0 Å². The molecule has 47 heavy (non-hydrogen) atoms. The minimum absolute atomic E-state index is 0.257. The van der Waals surface area contributed by atoms with Gasteiger partial charge in [-0.25, -0.2) is 9.97 Å². The van der Waals surface area contributed by atoms with Gasteiger partial charge in [-0.15, -0.1) is 22.7 Å². The topological polar surface area (TPSA) is 63.2 Å². The van der Waals surface area contributed by atoms with Crippen LogP contribution in [-0.4, -0.2) is 33.2 Å². The molecule has 5 nitrogen and oxygen atoms in total. The Hall–Kier alpha value is -3.50. The molecule has 0 bridgehead atoms. The van der Waals surface area contributed by atoms with Gasteiger partial charge in [-0.3, -0.25) is 14.5 Å². The monoisotopic (exact) mass is 783 g/mol. The molecule has 3 aromatic carbocycles. The summed E-state index contributed by atoms with van der Waals surface area (Å²) in [5.74, 6) is -0.515. The summed E-state index contributed by atoms with van der Waals surface area (Å²) in [5.41, 5.74) is 6.68. The molecule has 0 spiro atoms. The molecule has 0 aliphatic carbocycles. The molecular formula is C38H31Br2N3O2S2. The van der Waals surface area contributed by atoms with Crippen molar-refractivity contribution in [1.82, 2.24) is 14.9 Å². The normalized spacial score (nSPS) is 12.8. The SMILES string of the molecule is CCCCCCCCN1C(=O)c2c(c(-c3ccc(Br)s3)c3nc(-c4ccccc4)c(-c4ccccc4)nc3c2-c2ccc(Br)s2)C1=O. The van der Waals surface area contributed by atoms with E-state index in [0.29, 0.717) is 39.8 Å². The first-order valence-corrected chi connectivity index (χ1v) is 19.1. The van der Waals surface area contributed by atoms with Gasteiger partial charge >= 0.3 is 0 Å². The molecule has 1 aliphatic heterocycles. The van der Waals surface area contributed by atoms with Crippen molar-refractivity contribution in [2.45, 2.75) is 45.4 Å². The zero-order valence-corrected chi connectivity index (χ0v) is 30.6. The number of halogens is 2. The summed E-state index contributed by atoms with van der Waals surface area (Å²) in [6.45, 7) is 2.59. The van der Waals surface area contributed by atoms with Crippen molar-refractivity contribution in [2.24, 2.45) is 0 Å². The second kappa shape index (κ2) is 13.9. The van der Waals surface area contributed by atoms with E-state index >= 15 is 0 Å². The highest BCUT2D eigenvalue weighted by molar-refractivity contribution is 9.11. The number of hydrogen-bond donors (Lipinski definition) is 0. The molecule has 236 valence electrons. The Morgan fingerprint density at radius 2 is 1.02 bits per heavy atom. The highest BCUT2D eigenvalue weighted by Gasteiger charge is 2.42. The number of nitrogens with zero attached hydrogens (tertiary/aromatic N) is 3. The second-order valence-corrected chi connectivity index (χ2v) is 16.5. The molecule has 0 N–H and O–H groups in total. The van der Waals surface area contributed by atoms with Gasteiger partial charge < -0.3 is 0 Å². The van der Waals surface area contributed by atoms with E-state index in [4.69, 9.17) is 9.97 Å². The van der Waals surface area contributed by atoms with Crippen molar-refractivity contribution in [3.63, 3.8) is 0 Å². The van der Waals surface area contributed by atoms with Crippen LogP contribution in [0.15, 0.2) is 92.5 Å². The fraction of sp³-hybridized carbons (Fsp3) is 0.211. The lowest BCUT2D eigenvalue weighted by molar-refractivity contribution is 0.0652. The van der Waals surface area contributed by atoms with Gasteiger partial charge in [0, 0.05) is 38.6 Å². The Labute approximate surface area is 299 Å². The molecule has 2 amide bonds. The number of carbonyl (C=O) groups excluding carboxylic acids is 2. The van der Waals surface area contributed by atoms with Gasteiger partial charge in [0.1, 0.15) is 0 Å². The third-order valence-electron chi connectivity index (χ3n) is 8.51. The van der Waals surface area contributed by atoms with Crippen LogP contribution in [0.25, 0.3) is 54.4 Å². The quantitative estimate of drug-likeness (QED) is 0.0969. The molecule has 0 saturated heterocycles. The fourth-order valence-electron chi connectivity index (χ4n) is 6.29. The Bertz CT molecular complexity index is 1970. The second-order valence-electron chi connectivity index (χ2n) is 11.6. The van der Waals surface area contributed by atoms with E-state index in [2.05, 4.69) is 38.8 Å². The largest absolute Gasteiger partial charge is 0.274 e. The maximum Gasteiger partial charge on any atom is 0.262 e. The molecule has 9 heteroatoms. The molecule has 0 unspecified atom stereocenters. The van der Waals surface area contributed by atoms with Crippen LogP contribution in [0.5, 0.6) is 0 Å². The minimum atomic E-state index is -0.257. The number of carbonyl (C=O) groups is 2. The van der Waals surface area contributed by atoms with Crippen molar-refractivity contribution in [1.29, 1.82) is 0 Å². The van der Waals surface area contributed by atoms with Gasteiger partial charge in [0.25, 0.3) is 11.8 Å². The van der Waals surface area contributed by atoms with Crippen LogP contribution in [0.2, 0.25) is 0 Å². The summed E-state index contributed by atoms with van der Waals surface area (Å²) >= 11 is 10.3. The lowest BCUT2D eigenvalue weighted by atomic mass is 9.92. The number of rotatable bonds is 11. The summed E-state index contributed by atoms with van der Waals surface area (Å²) in [7, 11) is 0. The number of amides is 2. The molecule has 0 saturated carbocycles. The van der Waals surface area contributed by atoms with E-state index in [1.807, 2.05) is 84.9 Å². The number of hydrogen-bond acceptors (Lipinski definition) is 6. The Morgan fingerprint density at radius 1 is 0.574 bits per heavy atom. The van der Waals surface area contributed by atoms with E-state index < -0.39 is 0 Å². The molecule has 0 atom stereocenters. The molecule has 6 aromatic rings. The zero-order valence-electron chi connectivity index (χ0n) is 25.8. The van der Waals surface area contributed by atoms with Crippen molar-refractivity contribution in [3.05, 3.63) is 104 Å². The predicted octanol–water partition coefficient (Wildman–Crippen LogP) is 11.9. The standard InChI is InChI=1S/C38H31Br2N3O2S2/c1-2-3-4-5-6-13-22-43-37(44)31-29(25-18-20-27(39)46-25)35-36(30(32(31)38(43)45)26-19-21-28(40)47-26)42-34(24-16-11-8-12-17-24)33(41-35)23-14-9-7-10-15-23/h7-12,14-21H,2-6,13,22H2,1H3. The first kappa shape index (κ1) is 32.1. The van der Waals surface area contributed by atoms with Crippen molar-refractivity contribution < 1.29 is 9.59 Å². The minimum Gasteiger partial charge on any atom is -0.274 e. The van der Waals surface area contributed by atoms with Crippen molar-refractivity contribution in [2.75, 3.05) is 6.54 Å². The summed E-state index contributed by atoms with van der Waals surface area (Å²) < 4.78 is 1.86. The van der Waals surface area contributed by atoms with Crippen LogP contribution >= 0.6 is 54.5 Å².